The van der Waals surface area contributed by atoms with E-state index in [-0.39, 0.29) is 5.41 Å². The molecule has 142 valence electrons. The van der Waals surface area contributed by atoms with Crippen LogP contribution in [0.1, 0.15) is 49.5 Å². The van der Waals surface area contributed by atoms with Gasteiger partial charge in [0.2, 0.25) is 0 Å². The molecule has 1 aromatic carbocycles. The lowest BCUT2D eigenvalue weighted by Gasteiger charge is -2.14. The molecule has 1 aromatic heterocycles. The Morgan fingerprint density at radius 2 is 2.04 bits per heavy atom. The number of aryl methyl sites for hydroxylation is 1. The lowest BCUT2D eigenvalue weighted by atomic mass is 9.93. The van der Waals surface area contributed by atoms with Crippen LogP contribution in [0.25, 0.3) is 0 Å². The van der Waals surface area contributed by atoms with E-state index in [9.17, 15) is 0 Å². The quantitative estimate of drug-likeness (QED) is 0.592. The number of hydrogen-bond acceptors (Lipinski definition) is 4. The minimum atomic E-state index is 0.0787. The van der Waals surface area contributed by atoms with Crippen LogP contribution >= 0.6 is 11.3 Å². The summed E-state index contributed by atoms with van der Waals surface area (Å²) in [5.74, 6) is 1.65. The highest BCUT2D eigenvalue weighted by atomic mass is 32.1. The molecule has 0 fully saturated rings. The van der Waals surface area contributed by atoms with E-state index in [1.807, 2.05) is 6.07 Å². The zero-order valence-electron chi connectivity index (χ0n) is 16.6. The highest BCUT2D eigenvalue weighted by molar-refractivity contribution is 7.09. The molecule has 2 rings (SSSR count). The van der Waals surface area contributed by atoms with Crippen molar-refractivity contribution >= 4 is 17.3 Å². The molecule has 0 radical (unpaired) electrons. The third-order valence-electron chi connectivity index (χ3n) is 3.92. The maximum Gasteiger partial charge on any atom is 0.191 e. The molecule has 2 aromatic rings. The molecular weight excluding hydrogens is 344 g/mol. The van der Waals surface area contributed by atoms with Gasteiger partial charge in [-0.3, -0.25) is 0 Å². The molecule has 0 amide bonds. The highest BCUT2D eigenvalue weighted by Crippen LogP contribution is 2.24. The third-order valence-corrected chi connectivity index (χ3v) is 4.77. The van der Waals surface area contributed by atoms with E-state index in [1.165, 1.54) is 5.56 Å². The molecule has 1 heterocycles. The van der Waals surface area contributed by atoms with Crippen molar-refractivity contribution in [2.45, 2.75) is 53.1 Å². The summed E-state index contributed by atoms with van der Waals surface area (Å²) in [6.45, 7) is 12.7. The van der Waals surface area contributed by atoms with Crippen molar-refractivity contribution in [3.63, 3.8) is 0 Å². The SMILES string of the molecule is CCNC(=NCc1ccc(C)cc1OC)NCc1nc(C(C)(C)C)cs1. The predicted molar refractivity (Wildman–Crippen MR) is 110 cm³/mol. The molecule has 0 unspecified atom stereocenters. The summed E-state index contributed by atoms with van der Waals surface area (Å²) in [4.78, 5) is 9.41. The summed E-state index contributed by atoms with van der Waals surface area (Å²) < 4.78 is 5.46. The zero-order valence-corrected chi connectivity index (χ0v) is 17.5. The van der Waals surface area contributed by atoms with Crippen molar-refractivity contribution in [1.82, 2.24) is 15.6 Å². The second kappa shape index (κ2) is 9.03. The Bertz CT molecular complexity index is 747. The van der Waals surface area contributed by atoms with Crippen molar-refractivity contribution < 1.29 is 4.74 Å². The number of ether oxygens (including phenoxy) is 1. The summed E-state index contributed by atoms with van der Waals surface area (Å²) in [7, 11) is 1.70. The fourth-order valence-electron chi connectivity index (χ4n) is 2.38. The zero-order chi connectivity index (χ0) is 19.2. The Kier molecular flexibility index (Phi) is 7.03. The van der Waals surface area contributed by atoms with Crippen molar-refractivity contribution in [2.75, 3.05) is 13.7 Å². The van der Waals surface area contributed by atoms with Crippen LogP contribution in [0.5, 0.6) is 5.75 Å². The Balaban J connectivity index is 2.04. The van der Waals surface area contributed by atoms with Crippen molar-refractivity contribution in [3.8, 4) is 5.75 Å². The largest absolute Gasteiger partial charge is 0.496 e. The first-order valence-electron chi connectivity index (χ1n) is 8.94. The van der Waals surface area contributed by atoms with Crippen LogP contribution in [-0.2, 0) is 18.5 Å². The summed E-state index contributed by atoms with van der Waals surface area (Å²) in [5.41, 5.74) is 3.46. The van der Waals surface area contributed by atoms with Gasteiger partial charge in [0, 0.05) is 22.9 Å². The number of nitrogens with one attached hydrogen (secondary N) is 2. The highest BCUT2D eigenvalue weighted by Gasteiger charge is 2.17. The van der Waals surface area contributed by atoms with Gasteiger partial charge in [-0.05, 0) is 25.5 Å². The normalized spacial score (nSPS) is 12.2. The van der Waals surface area contributed by atoms with Crippen LogP contribution < -0.4 is 15.4 Å². The van der Waals surface area contributed by atoms with Gasteiger partial charge in [0.15, 0.2) is 5.96 Å². The smallest absolute Gasteiger partial charge is 0.191 e. The number of thiazole rings is 1. The molecule has 0 saturated carbocycles. The van der Waals surface area contributed by atoms with Crippen LogP contribution in [0.2, 0.25) is 0 Å². The molecule has 0 spiro atoms. The maximum absolute atomic E-state index is 5.46. The Morgan fingerprint density at radius 3 is 2.65 bits per heavy atom. The number of aromatic nitrogens is 1. The van der Waals surface area contributed by atoms with E-state index in [1.54, 1.807) is 18.4 Å². The van der Waals surface area contributed by atoms with Crippen LogP contribution in [0.3, 0.4) is 0 Å². The molecule has 0 aliphatic rings. The minimum absolute atomic E-state index is 0.0787. The molecule has 0 atom stereocenters. The van der Waals surface area contributed by atoms with E-state index in [2.05, 4.69) is 67.8 Å². The van der Waals surface area contributed by atoms with E-state index in [0.717, 1.165) is 34.5 Å². The average Bonchev–Trinajstić information content (AvgIpc) is 3.07. The number of methoxy groups -OCH3 is 1. The number of nitrogens with zero attached hydrogens (tertiary/aromatic N) is 2. The van der Waals surface area contributed by atoms with E-state index < -0.39 is 0 Å². The summed E-state index contributed by atoms with van der Waals surface area (Å²) >= 11 is 1.68. The second-order valence-corrected chi connectivity index (χ2v) is 8.18. The van der Waals surface area contributed by atoms with E-state index >= 15 is 0 Å². The number of guanidine groups is 1. The summed E-state index contributed by atoms with van der Waals surface area (Å²) in [6.07, 6.45) is 0. The first-order chi connectivity index (χ1) is 12.3. The van der Waals surface area contributed by atoms with Gasteiger partial charge in [-0.2, -0.15) is 0 Å². The van der Waals surface area contributed by atoms with Crippen LogP contribution in [0, 0.1) is 6.92 Å². The van der Waals surface area contributed by atoms with Crippen molar-refractivity contribution in [3.05, 3.63) is 45.4 Å². The van der Waals surface area contributed by atoms with E-state index in [0.29, 0.717) is 13.1 Å². The molecule has 2 N–H and O–H groups in total. The number of rotatable bonds is 6. The molecule has 6 heteroatoms. The summed E-state index contributed by atoms with van der Waals surface area (Å²) in [6, 6.07) is 6.18. The fraction of sp³-hybridized carbons (Fsp3) is 0.500. The van der Waals surface area contributed by atoms with Gasteiger partial charge < -0.3 is 15.4 Å². The van der Waals surface area contributed by atoms with Gasteiger partial charge in [0.05, 0.1) is 25.9 Å². The molecule has 0 bridgehead atoms. The predicted octanol–water partition coefficient (Wildman–Crippen LogP) is 4.01. The van der Waals surface area contributed by atoms with Crippen LogP contribution in [0.15, 0.2) is 28.6 Å². The number of benzene rings is 1. The molecule has 26 heavy (non-hydrogen) atoms. The lowest BCUT2D eigenvalue weighted by molar-refractivity contribution is 0.409. The maximum atomic E-state index is 5.46. The van der Waals surface area contributed by atoms with Gasteiger partial charge in [0.25, 0.3) is 0 Å². The van der Waals surface area contributed by atoms with Gasteiger partial charge in [-0.25, -0.2) is 9.98 Å². The third kappa shape index (κ3) is 5.73. The number of aliphatic imine (C=N–C) groups is 1. The van der Waals surface area contributed by atoms with E-state index in [4.69, 9.17) is 9.72 Å². The molecule has 0 saturated heterocycles. The Labute approximate surface area is 160 Å². The topological polar surface area (TPSA) is 58.5 Å². The Morgan fingerprint density at radius 1 is 1.27 bits per heavy atom. The Hall–Kier alpha value is -2.08. The molecular formula is C20H30N4OS. The van der Waals surface area contributed by atoms with Gasteiger partial charge >= 0.3 is 0 Å². The monoisotopic (exact) mass is 374 g/mol. The molecule has 0 aliphatic carbocycles. The average molecular weight is 375 g/mol. The van der Waals surface area contributed by atoms with Crippen LogP contribution in [0.4, 0.5) is 0 Å². The summed E-state index contributed by atoms with van der Waals surface area (Å²) in [5, 5.41) is 9.85. The standard InChI is InChI=1S/C20H30N4OS/c1-7-21-19(22-11-15-9-8-14(2)10-16(15)25-6)23-12-18-24-17(13-26-18)20(3,4)5/h8-10,13H,7,11-12H2,1-6H3,(H2,21,22,23). The first kappa shape index (κ1) is 20.2. The first-order valence-corrected chi connectivity index (χ1v) is 9.82. The molecule has 5 nitrogen and oxygen atoms in total. The number of hydrogen-bond donors (Lipinski definition) is 2. The van der Waals surface area contributed by atoms with Crippen LogP contribution in [-0.4, -0.2) is 24.6 Å². The van der Waals surface area contributed by atoms with Gasteiger partial charge in [-0.15, -0.1) is 11.3 Å². The fourth-order valence-corrected chi connectivity index (χ4v) is 3.34. The lowest BCUT2D eigenvalue weighted by Crippen LogP contribution is -2.36. The van der Waals surface area contributed by atoms with Crippen molar-refractivity contribution in [2.24, 2.45) is 4.99 Å². The van der Waals surface area contributed by atoms with Crippen molar-refractivity contribution in [1.29, 1.82) is 0 Å². The van der Waals surface area contributed by atoms with Gasteiger partial charge in [-0.1, -0.05) is 32.9 Å². The minimum Gasteiger partial charge on any atom is -0.496 e. The van der Waals surface area contributed by atoms with Gasteiger partial charge in [0.1, 0.15) is 10.8 Å². The molecule has 0 aliphatic heterocycles. The second-order valence-electron chi connectivity index (χ2n) is 7.24.